The Kier molecular flexibility index (Phi) is 6.05. The summed E-state index contributed by atoms with van der Waals surface area (Å²) in [5, 5.41) is 2.68. The van der Waals surface area contributed by atoms with Crippen molar-refractivity contribution in [2.45, 2.75) is 6.54 Å². The van der Waals surface area contributed by atoms with Gasteiger partial charge in [-0.1, -0.05) is 36.4 Å². The monoisotopic (exact) mass is 364 g/mol. The molecular weight excluding hydrogens is 343 g/mol. The molecule has 138 valence electrons. The predicted octanol–water partition coefficient (Wildman–Crippen LogP) is 4.48. The van der Waals surface area contributed by atoms with Crippen LogP contribution in [0.1, 0.15) is 5.56 Å². The van der Waals surface area contributed by atoms with Crippen LogP contribution in [0.3, 0.4) is 0 Å². The Morgan fingerprint density at radius 3 is 2.37 bits per heavy atom. The van der Waals surface area contributed by atoms with E-state index in [1.165, 1.54) is 24.3 Å². The molecule has 0 aliphatic heterocycles. The second-order valence-electron chi connectivity index (χ2n) is 6.14. The summed E-state index contributed by atoms with van der Waals surface area (Å²) in [6.45, 7) is 0.531. The molecule has 0 atom stereocenters. The van der Waals surface area contributed by atoms with Crippen molar-refractivity contribution in [3.8, 4) is 5.75 Å². The topological polar surface area (TPSA) is 41.6 Å². The highest BCUT2D eigenvalue weighted by Gasteiger charge is 2.09. The zero-order valence-corrected chi connectivity index (χ0v) is 15.1. The zero-order valence-electron chi connectivity index (χ0n) is 15.1. The van der Waals surface area contributed by atoms with Crippen LogP contribution in [0.2, 0.25) is 0 Å². The maximum absolute atomic E-state index is 12.9. The fraction of sp³-hybridized carbons (Fsp3) is 0.136. The summed E-state index contributed by atoms with van der Waals surface area (Å²) in [5.41, 5.74) is 2.61. The number of nitrogens with one attached hydrogen (secondary N) is 1. The number of ether oxygens (including phenoxy) is 1. The first kappa shape index (κ1) is 18.5. The normalized spacial score (nSPS) is 10.3. The molecule has 5 heteroatoms. The lowest BCUT2D eigenvalue weighted by molar-refractivity contribution is -0.118. The summed E-state index contributed by atoms with van der Waals surface area (Å²) in [6, 6.07) is 23.3. The SMILES string of the molecule is CN(Cc1ccccc1OCC(=O)Nc1ccc(F)cc1)c1ccccc1. The number of para-hydroxylation sites is 2. The van der Waals surface area contributed by atoms with Crippen LogP contribution in [0.5, 0.6) is 5.75 Å². The lowest BCUT2D eigenvalue weighted by Crippen LogP contribution is -2.21. The molecule has 0 unspecified atom stereocenters. The fourth-order valence-corrected chi connectivity index (χ4v) is 2.68. The third kappa shape index (κ3) is 5.31. The number of anilines is 2. The summed E-state index contributed by atoms with van der Waals surface area (Å²) in [5.74, 6) is 0.0167. The van der Waals surface area contributed by atoms with Gasteiger partial charge < -0.3 is 15.0 Å². The molecule has 1 N–H and O–H groups in total. The van der Waals surface area contributed by atoms with E-state index in [1.54, 1.807) is 0 Å². The van der Waals surface area contributed by atoms with Crippen LogP contribution in [0.4, 0.5) is 15.8 Å². The molecule has 0 saturated heterocycles. The van der Waals surface area contributed by atoms with Gasteiger partial charge in [-0.2, -0.15) is 0 Å². The minimum atomic E-state index is -0.347. The molecule has 0 heterocycles. The van der Waals surface area contributed by atoms with Gasteiger partial charge in [0.15, 0.2) is 6.61 Å². The second kappa shape index (κ2) is 8.85. The van der Waals surface area contributed by atoms with E-state index in [2.05, 4.69) is 10.2 Å². The Balaban J connectivity index is 1.60. The van der Waals surface area contributed by atoms with Crippen molar-refractivity contribution in [2.75, 3.05) is 23.9 Å². The van der Waals surface area contributed by atoms with Crippen LogP contribution in [0.15, 0.2) is 78.9 Å². The molecule has 3 aromatic rings. The standard InChI is InChI=1S/C22H21FN2O2/c1-25(20-8-3-2-4-9-20)15-17-7-5-6-10-21(17)27-16-22(26)24-19-13-11-18(23)12-14-19/h2-14H,15-16H2,1H3,(H,24,26). The fourth-order valence-electron chi connectivity index (χ4n) is 2.68. The van der Waals surface area contributed by atoms with Crippen molar-refractivity contribution < 1.29 is 13.9 Å². The van der Waals surface area contributed by atoms with Crippen LogP contribution in [-0.4, -0.2) is 19.6 Å². The van der Waals surface area contributed by atoms with Crippen LogP contribution < -0.4 is 15.0 Å². The van der Waals surface area contributed by atoms with Crippen LogP contribution in [-0.2, 0) is 11.3 Å². The molecule has 3 aromatic carbocycles. The molecule has 0 saturated carbocycles. The summed E-state index contributed by atoms with van der Waals surface area (Å²) >= 11 is 0. The van der Waals surface area contributed by atoms with E-state index in [0.29, 0.717) is 18.0 Å². The molecule has 4 nitrogen and oxygen atoms in total. The van der Waals surface area contributed by atoms with E-state index in [9.17, 15) is 9.18 Å². The van der Waals surface area contributed by atoms with Gasteiger partial charge in [-0.05, 0) is 42.5 Å². The van der Waals surface area contributed by atoms with Gasteiger partial charge in [0.05, 0.1) is 0 Å². The highest BCUT2D eigenvalue weighted by Crippen LogP contribution is 2.22. The van der Waals surface area contributed by atoms with Crippen LogP contribution >= 0.6 is 0 Å². The number of benzene rings is 3. The Labute approximate surface area is 158 Å². The first-order chi connectivity index (χ1) is 13.1. The number of carbonyl (C=O) groups is 1. The first-order valence-corrected chi connectivity index (χ1v) is 8.64. The molecule has 0 spiro atoms. The number of halogens is 1. The van der Waals surface area contributed by atoms with Crippen molar-refractivity contribution in [2.24, 2.45) is 0 Å². The van der Waals surface area contributed by atoms with Crippen molar-refractivity contribution in [3.05, 3.63) is 90.2 Å². The number of rotatable bonds is 7. The zero-order chi connectivity index (χ0) is 19.1. The molecule has 0 aromatic heterocycles. The average molecular weight is 364 g/mol. The third-order valence-electron chi connectivity index (χ3n) is 4.06. The smallest absolute Gasteiger partial charge is 0.262 e. The van der Waals surface area contributed by atoms with Gasteiger partial charge in [0.1, 0.15) is 11.6 Å². The number of hydrogen-bond donors (Lipinski definition) is 1. The van der Waals surface area contributed by atoms with E-state index in [4.69, 9.17) is 4.74 Å². The molecular formula is C22H21FN2O2. The highest BCUT2D eigenvalue weighted by atomic mass is 19.1. The van der Waals surface area contributed by atoms with E-state index >= 15 is 0 Å². The van der Waals surface area contributed by atoms with Crippen molar-refractivity contribution in [1.82, 2.24) is 0 Å². The van der Waals surface area contributed by atoms with Gasteiger partial charge in [-0.25, -0.2) is 4.39 Å². The number of amides is 1. The molecule has 0 radical (unpaired) electrons. The van der Waals surface area contributed by atoms with Crippen molar-refractivity contribution >= 4 is 17.3 Å². The molecule has 3 rings (SSSR count). The average Bonchev–Trinajstić information content (AvgIpc) is 2.70. The summed E-state index contributed by atoms with van der Waals surface area (Å²) in [7, 11) is 2.01. The third-order valence-corrected chi connectivity index (χ3v) is 4.06. The van der Waals surface area contributed by atoms with E-state index in [-0.39, 0.29) is 18.3 Å². The Bertz CT molecular complexity index is 882. The van der Waals surface area contributed by atoms with E-state index < -0.39 is 0 Å². The van der Waals surface area contributed by atoms with Gasteiger partial charge in [-0.3, -0.25) is 4.79 Å². The summed E-state index contributed by atoms with van der Waals surface area (Å²) in [6.07, 6.45) is 0. The maximum atomic E-state index is 12.9. The number of nitrogens with zero attached hydrogens (tertiary/aromatic N) is 1. The summed E-state index contributed by atoms with van der Waals surface area (Å²) < 4.78 is 18.6. The molecule has 0 bridgehead atoms. The van der Waals surface area contributed by atoms with Gasteiger partial charge in [0, 0.05) is 30.5 Å². The van der Waals surface area contributed by atoms with Crippen LogP contribution in [0.25, 0.3) is 0 Å². The molecule has 1 amide bonds. The number of hydrogen-bond acceptors (Lipinski definition) is 3. The molecule has 27 heavy (non-hydrogen) atoms. The largest absolute Gasteiger partial charge is 0.483 e. The Morgan fingerprint density at radius 2 is 1.63 bits per heavy atom. The minimum Gasteiger partial charge on any atom is -0.483 e. The summed E-state index contributed by atoms with van der Waals surface area (Å²) in [4.78, 5) is 14.2. The Hall–Kier alpha value is -3.34. The highest BCUT2D eigenvalue weighted by molar-refractivity contribution is 5.91. The van der Waals surface area contributed by atoms with Gasteiger partial charge in [0.25, 0.3) is 5.91 Å². The number of carbonyl (C=O) groups excluding carboxylic acids is 1. The van der Waals surface area contributed by atoms with Gasteiger partial charge >= 0.3 is 0 Å². The molecule has 0 aliphatic carbocycles. The molecule has 0 aliphatic rings. The van der Waals surface area contributed by atoms with Crippen molar-refractivity contribution in [1.29, 1.82) is 0 Å². The van der Waals surface area contributed by atoms with Gasteiger partial charge in [0.2, 0.25) is 0 Å². The van der Waals surface area contributed by atoms with E-state index in [0.717, 1.165) is 11.3 Å². The lowest BCUT2D eigenvalue weighted by Gasteiger charge is -2.21. The Morgan fingerprint density at radius 1 is 0.963 bits per heavy atom. The van der Waals surface area contributed by atoms with Crippen molar-refractivity contribution in [3.63, 3.8) is 0 Å². The second-order valence-corrected chi connectivity index (χ2v) is 6.14. The minimum absolute atomic E-state index is 0.122. The van der Waals surface area contributed by atoms with E-state index in [1.807, 2.05) is 61.6 Å². The molecule has 0 fully saturated rings. The maximum Gasteiger partial charge on any atom is 0.262 e. The van der Waals surface area contributed by atoms with Gasteiger partial charge in [-0.15, -0.1) is 0 Å². The first-order valence-electron chi connectivity index (χ1n) is 8.64. The quantitative estimate of drug-likeness (QED) is 0.672. The van der Waals surface area contributed by atoms with Crippen LogP contribution in [0, 0.1) is 5.82 Å². The lowest BCUT2D eigenvalue weighted by atomic mass is 10.2. The predicted molar refractivity (Wildman–Crippen MR) is 106 cm³/mol.